The van der Waals surface area contributed by atoms with Gasteiger partial charge in [-0.3, -0.25) is 4.79 Å². The molecule has 1 saturated heterocycles. The molecule has 0 aliphatic carbocycles. The third-order valence-electron chi connectivity index (χ3n) is 4.60. The Hall–Kier alpha value is -2.44. The summed E-state index contributed by atoms with van der Waals surface area (Å²) in [6.07, 6.45) is 6.51. The van der Waals surface area contributed by atoms with Crippen LogP contribution in [-0.4, -0.2) is 45.1 Å². The van der Waals surface area contributed by atoms with Crippen molar-refractivity contribution in [2.75, 3.05) is 13.1 Å². The number of amides is 1. The molecule has 7 heteroatoms. The number of hydrogen-bond donors (Lipinski definition) is 0. The number of carbonyl (C=O) groups excluding carboxylic acids is 1. The van der Waals surface area contributed by atoms with Crippen LogP contribution < -0.4 is 4.74 Å². The topological polar surface area (TPSA) is 81.4 Å². The van der Waals surface area contributed by atoms with E-state index in [0.29, 0.717) is 24.7 Å². The highest BCUT2D eigenvalue weighted by molar-refractivity contribution is 5.79. The third-order valence-corrected chi connectivity index (χ3v) is 4.60. The van der Waals surface area contributed by atoms with E-state index in [0.717, 1.165) is 42.6 Å². The van der Waals surface area contributed by atoms with Crippen molar-refractivity contribution in [1.82, 2.24) is 20.0 Å². The van der Waals surface area contributed by atoms with Crippen LogP contribution in [0.25, 0.3) is 0 Å². The lowest BCUT2D eigenvalue weighted by Gasteiger charge is -2.32. The number of carbonyl (C=O) groups is 1. The maximum absolute atomic E-state index is 12.6. The molecule has 0 radical (unpaired) electrons. The molecule has 0 spiro atoms. The molecule has 2 aromatic heterocycles. The van der Waals surface area contributed by atoms with E-state index in [9.17, 15) is 4.79 Å². The van der Waals surface area contributed by atoms with E-state index >= 15 is 0 Å². The van der Waals surface area contributed by atoms with Gasteiger partial charge < -0.3 is 14.2 Å². The summed E-state index contributed by atoms with van der Waals surface area (Å²) in [5.74, 6) is 0.782. The van der Waals surface area contributed by atoms with Crippen LogP contribution in [0.4, 0.5) is 0 Å². The van der Waals surface area contributed by atoms with E-state index in [1.54, 1.807) is 12.4 Å². The van der Waals surface area contributed by atoms with Crippen molar-refractivity contribution in [1.29, 1.82) is 0 Å². The largest absolute Gasteiger partial charge is 0.458 e. The molecule has 0 saturated carbocycles. The molecule has 1 aliphatic rings. The van der Waals surface area contributed by atoms with E-state index in [1.807, 2.05) is 18.7 Å². The van der Waals surface area contributed by atoms with Crippen LogP contribution >= 0.6 is 0 Å². The number of aryl methyl sites for hydroxylation is 3. The Morgan fingerprint density at radius 1 is 1.36 bits per heavy atom. The summed E-state index contributed by atoms with van der Waals surface area (Å²) in [5.41, 5.74) is 2.74. The average Bonchev–Trinajstić information content (AvgIpc) is 2.94. The summed E-state index contributed by atoms with van der Waals surface area (Å²) < 4.78 is 11.0. The molecule has 0 bridgehead atoms. The quantitative estimate of drug-likeness (QED) is 0.827. The van der Waals surface area contributed by atoms with Crippen molar-refractivity contribution in [2.24, 2.45) is 0 Å². The minimum atomic E-state index is -0.0742. The van der Waals surface area contributed by atoms with E-state index in [2.05, 4.69) is 22.0 Å². The van der Waals surface area contributed by atoms with Gasteiger partial charge in [0.05, 0.1) is 18.7 Å². The molecule has 2 aromatic rings. The standard InChI is InChI=1S/C18H24N4O3/c1-4-14-9-19-18(20-10-14)24-15-6-5-7-22(11-15)17(23)8-16-12(2)21-25-13(16)3/h9-10,15H,4-8,11H2,1-3H3. The normalized spacial score (nSPS) is 17.6. The smallest absolute Gasteiger partial charge is 0.316 e. The minimum absolute atomic E-state index is 0.0740. The van der Waals surface area contributed by atoms with Crippen molar-refractivity contribution >= 4 is 5.91 Å². The summed E-state index contributed by atoms with van der Waals surface area (Å²) in [7, 11) is 0. The van der Waals surface area contributed by atoms with Gasteiger partial charge in [0, 0.05) is 24.5 Å². The molecule has 1 unspecified atom stereocenters. The van der Waals surface area contributed by atoms with Gasteiger partial charge in [0.15, 0.2) is 0 Å². The fourth-order valence-electron chi connectivity index (χ4n) is 3.01. The zero-order valence-corrected chi connectivity index (χ0v) is 15.0. The first kappa shape index (κ1) is 17.4. The van der Waals surface area contributed by atoms with Crippen LogP contribution in [0.15, 0.2) is 16.9 Å². The first-order valence-corrected chi connectivity index (χ1v) is 8.74. The highest BCUT2D eigenvalue weighted by atomic mass is 16.5. The Kier molecular flexibility index (Phi) is 5.31. The number of ether oxygens (including phenoxy) is 1. The monoisotopic (exact) mass is 344 g/mol. The Morgan fingerprint density at radius 2 is 2.12 bits per heavy atom. The number of piperidine rings is 1. The third kappa shape index (κ3) is 4.15. The van der Waals surface area contributed by atoms with Gasteiger partial charge in [-0.2, -0.15) is 0 Å². The number of aromatic nitrogens is 3. The summed E-state index contributed by atoms with van der Waals surface area (Å²) in [5, 5.41) is 3.91. The Bertz CT molecular complexity index is 707. The summed E-state index contributed by atoms with van der Waals surface area (Å²) >= 11 is 0. The number of rotatable bonds is 5. The molecule has 3 rings (SSSR count). The van der Waals surface area contributed by atoms with Gasteiger partial charge in [-0.1, -0.05) is 12.1 Å². The molecule has 25 heavy (non-hydrogen) atoms. The second-order valence-corrected chi connectivity index (χ2v) is 6.43. The van der Waals surface area contributed by atoms with Crippen molar-refractivity contribution in [3.8, 4) is 6.01 Å². The number of nitrogens with zero attached hydrogens (tertiary/aromatic N) is 4. The molecule has 1 aliphatic heterocycles. The highest BCUT2D eigenvalue weighted by Gasteiger charge is 2.26. The SMILES string of the molecule is CCc1cnc(OC2CCCN(C(=O)Cc3c(C)noc3C)C2)nc1. The Labute approximate surface area is 147 Å². The second-order valence-electron chi connectivity index (χ2n) is 6.43. The molecule has 1 amide bonds. The number of hydrogen-bond acceptors (Lipinski definition) is 6. The molecular weight excluding hydrogens is 320 g/mol. The van der Waals surface area contributed by atoms with Gasteiger partial charge in [0.1, 0.15) is 11.9 Å². The molecule has 1 atom stereocenters. The molecule has 1 fully saturated rings. The predicted molar refractivity (Wildman–Crippen MR) is 91.3 cm³/mol. The van der Waals surface area contributed by atoms with Crippen molar-refractivity contribution in [2.45, 2.75) is 52.6 Å². The lowest BCUT2D eigenvalue weighted by molar-refractivity contribution is -0.133. The van der Waals surface area contributed by atoms with Gasteiger partial charge in [-0.05, 0) is 38.7 Å². The second kappa shape index (κ2) is 7.63. The fraction of sp³-hybridized carbons (Fsp3) is 0.556. The zero-order valence-electron chi connectivity index (χ0n) is 15.0. The number of likely N-dealkylation sites (tertiary alicyclic amines) is 1. The van der Waals surface area contributed by atoms with Crippen LogP contribution in [0.3, 0.4) is 0 Å². The molecule has 7 nitrogen and oxygen atoms in total. The highest BCUT2D eigenvalue weighted by Crippen LogP contribution is 2.19. The lowest BCUT2D eigenvalue weighted by atomic mass is 10.1. The van der Waals surface area contributed by atoms with Crippen LogP contribution in [0, 0.1) is 13.8 Å². The molecule has 134 valence electrons. The van der Waals surface area contributed by atoms with Crippen molar-refractivity contribution < 1.29 is 14.1 Å². The van der Waals surface area contributed by atoms with Gasteiger partial charge >= 0.3 is 6.01 Å². The molecule has 3 heterocycles. The fourth-order valence-corrected chi connectivity index (χ4v) is 3.01. The summed E-state index contributed by atoms with van der Waals surface area (Å²) in [4.78, 5) is 22.9. The first-order chi connectivity index (χ1) is 12.1. The van der Waals surface area contributed by atoms with Crippen LogP contribution in [0.5, 0.6) is 6.01 Å². The Morgan fingerprint density at radius 3 is 2.76 bits per heavy atom. The Balaban J connectivity index is 1.59. The van der Waals surface area contributed by atoms with Crippen LogP contribution in [0.1, 0.15) is 42.3 Å². The van der Waals surface area contributed by atoms with Crippen LogP contribution in [0.2, 0.25) is 0 Å². The maximum Gasteiger partial charge on any atom is 0.316 e. The maximum atomic E-state index is 12.6. The van der Waals surface area contributed by atoms with Gasteiger partial charge in [-0.15, -0.1) is 0 Å². The summed E-state index contributed by atoms with van der Waals surface area (Å²) in [6.45, 7) is 7.06. The lowest BCUT2D eigenvalue weighted by Crippen LogP contribution is -2.45. The zero-order chi connectivity index (χ0) is 17.8. The molecule has 0 N–H and O–H groups in total. The van der Waals surface area contributed by atoms with Gasteiger partial charge in [0.25, 0.3) is 0 Å². The molecular formula is C18H24N4O3. The summed E-state index contributed by atoms with van der Waals surface area (Å²) in [6, 6.07) is 0.377. The predicted octanol–water partition coefficient (Wildman–Crippen LogP) is 2.26. The van der Waals surface area contributed by atoms with Gasteiger partial charge in [-0.25, -0.2) is 9.97 Å². The van der Waals surface area contributed by atoms with Crippen LogP contribution in [-0.2, 0) is 17.6 Å². The minimum Gasteiger partial charge on any atom is -0.458 e. The van der Waals surface area contributed by atoms with E-state index in [-0.39, 0.29) is 12.0 Å². The first-order valence-electron chi connectivity index (χ1n) is 8.74. The van der Waals surface area contributed by atoms with E-state index in [1.165, 1.54) is 0 Å². The van der Waals surface area contributed by atoms with E-state index in [4.69, 9.17) is 9.26 Å². The van der Waals surface area contributed by atoms with Gasteiger partial charge in [0.2, 0.25) is 5.91 Å². The average molecular weight is 344 g/mol. The van der Waals surface area contributed by atoms with E-state index < -0.39 is 0 Å². The van der Waals surface area contributed by atoms with Crippen molar-refractivity contribution in [3.05, 3.63) is 35.0 Å². The van der Waals surface area contributed by atoms with Crippen molar-refractivity contribution in [3.63, 3.8) is 0 Å². The molecule has 0 aromatic carbocycles.